The molecule has 0 saturated carbocycles. The minimum Gasteiger partial charge on any atom is -0.481 e. The third kappa shape index (κ3) is 3.81. The topological polar surface area (TPSA) is 25.4 Å². The summed E-state index contributed by atoms with van der Waals surface area (Å²) < 4.78 is 68.2. The van der Waals surface area contributed by atoms with E-state index >= 15 is 0 Å². The van der Waals surface area contributed by atoms with Crippen molar-refractivity contribution in [1.82, 2.24) is 9.88 Å². The van der Waals surface area contributed by atoms with Gasteiger partial charge in [-0.25, -0.2) is 13.8 Å². The number of rotatable bonds is 5. The van der Waals surface area contributed by atoms with Crippen molar-refractivity contribution in [1.29, 1.82) is 0 Å². The van der Waals surface area contributed by atoms with Crippen molar-refractivity contribution in [3.8, 4) is 5.88 Å². The van der Waals surface area contributed by atoms with Gasteiger partial charge >= 0.3 is 6.18 Å². The average Bonchev–Trinajstić information content (AvgIpc) is 2.35. The smallest absolute Gasteiger partial charge is 0.416 e. The molecule has 1 aliphatic heterocycles. The van der Waals surface area contributed by atoms with Crippen molar-refractivity contribution >= 4 is 0 Å². The van der Waals surface area contributed by atoms with Crippen molar-refractivity contribution in [2.75, 3.05) is 26.7 Å². The monoisotopic (exact) mass is 310 g/mol. The van der Waals surface area contributed by atoms with E-state index in [1.807, 2.05) is 0 Å². The van der Waals surface area contributed by atoms with Crippen molar-refractivity contribution in [2.45, 2.75) is 19.0 Å². The fourth-order valence-corrected chi connectivity index (χ4v) is 2.27. The van der Waals surface area contributed by atoms with Crippen LogP contribution in [0.2, 0.25) is 0 Å². The van der Waals surface area contributed by atoms with Crippen LogP contribution in [0.15, 0.2) is 12.3 Å². The predicted octanol–water partition coefficient (Wildman–Crippen LogP) is 2.85. The Morgan fingerprint density at radius 2 is 2.05 bits per heavy atom. The molecule has 1 aromatic heterocycles. The van der Waals surface area contributed by atoms with Gasteiger partial charge in [0, 0.05) is 37.8 Å². The van der Waals surface area contributed by atoms with E-state index in [2.05, 4.69) is 4.98 Å². The van der Waals surface area contributed by atoms with Crippen molar-refractivity contribution < 1.29 is 26.7 Å². The Labute approximate surface area is 118 Å². The lowest BCUT2D eigenvalue weighted by molar-refractivity contribution is -0.138. The Hall–Kier alpha value is -1.44. The molecule has 2 rings (SSSR count). The third-order valence-corrected chi connectivity index (χ3v) is 3.52. The van der Waals surface area contributed by atoms with Gasteiger partial charge in [0.1, 0.15) is 0 Å². The molecular weight excluding hydrogens is 295 g/mol. The molecule has 8 heteroatoms. The van der Waals surface area contributed by atoms with E-state index in [1.54, 1.807) is 4.90 Å². The van der Waals surface area contributed by atoms with E-state index in [0.29, 0.717) is 6.54 Å². The first-order chi connectivity index (χ1) is 9.81. The molecule has 21 heavy (non-hydrogen) atoms. The Morgan fingerprint density at radius 3 is 2.57 bits per heavy atom. The van der Waals surface area contributed by atoms with Gasteiger partial charge in [-0.2, -0.15) is 13.2 Å². The van der Waals surface area contributed by atoms with Gasteiger partial charge in [-0.3, -0.25) is 0 Å². The fourth-order valence-electron chi connectivity index (χ4n) is 2.27. The molecule has 1 aliphatic rings. The van der Waals surface area contributed by atoms with Gasteiger partial charge in [-0.05, 0) is 12.0 Å². The lowest BCUT2D eigenvalue weighted by Gasteiger charge is -2.38. The molecule has 0 amide bonds. The summed E-state index contributed by atoms with van der Waals surface area (Å²) in [6.07, 6.45) is -5.62. The van der Waals surface area contributed by atoms with Crippen LogP contribution in [-0.2, 0) is 12.6 Å². The number of aromatic nitrogens is 1. The van der Waals surface area contributed by atoms with E-state index in [9.17, 15) is 22.0 Å². The van der Waals surface area contributed by atoms with Crippen LogP contribution in [0.5, 0.6) is 5.88 Å². The number of hydrogen-bond acceptors (Lipinski definition) is 3. The lowest BCUT2D eigenvalue weighted by atomic mass is 9.99. The van der Waals surface area contributed by atoms with Gasteiger partial charge in [0.15, 0.2) is 0 Å². The zero-order chi connectivity index (χ0) is 15.6. The summed E-state index contributed by atoms with van der Waals surface area (Å²) >= 11 is 0. The van der Waals surface area contributed by atoms with Gasteiger partial charge in [-0.15, -0.1) is 0 Å². The van der Waals surface area contributed by atoms with Crippen LogP contribution in [0, 0.1) is 5.92 Å². The number of halogens is 5. The summed E-state index contributed by atoms with van der Waals surface area (Å²) in [5.74, 6) is -0.770. The summed E-state index contributed by atoms with van der Waals surface area (Å²) in [4.78, 5) is 5.49. The zero-order valence-electron chi connectivity index (χ0n) is 11.3. The highest BCUT2D eigenvalue weighted by atomic mass is 19.4. The Balaban J connectivity index is 2.00. The summed E-state index contributed by atoms with van der Waals surface area (Å²) in [6, 6.07) is 0.855. The minimum atomic E-state index is -4.49. The van der Waals surface area contributed by atoms with Crippen LogP contribution in [-0.4, -0.2) is 43.1 Å². The second-order valence-electron chi connectivity index (χ2n) is 4.99. The van der Waals surface area contributed by atoms with E-state index in [-0.39, 0.29) is 31.0 Å². The summed E-state index contributed by atoms with van der Waals surface area (Å²) in [7, 11) is 1.24. The highest BCUT2D eigenvalue weighted by molar-refractivity contribution is 5.32. The second kappa shape index (κ2) is 6.13. The van der Waals surface area contributed by atoms with E-state index < -0.39 is 24.1 Å². The van der Waals surface area contributed by atoms with Crippen LogP contribution in [0.1, 0.15) is 11.1 Å². The number of hydrogen-bond donors (Lipinski definition) is 0. The predicted molar refractivity (Wildman–Crippen MR) is 65.4 cm³/mol. The standard InChI is InChI=1S/C13H15F5N2O/c1-21-11-4-10(13(16,17)18)8(5-19-11)2-3-20-6-9(7-20)12(14)15/h4-5,9,12H,2-3,6-7H2,1H3. The highest BCUT2D eigenvalue weighted by Gasteiger charge is 2.36. The molecule has 0 radical (unpaired) electrons. The van der Waals surface area contributed by atoms with E-state index in [1.165, 1.54) is 7.11 Å². The summed E-state index contributed by atoms with van der Waals surface area (Å²) in [5.41, 5.74) is -0.746. The first-order valence-corrected chi connectivity index (χ1v) is 6.42. The van der Waals surface area contributed by atoms with E-state index in [0.717, 1.165) is 12.3 Å². The number of likely N-dealkylation sites (tertiary alicyclic amines) is 1. The summed E-state index contributed by atoms with van der Waals surface area (Å²) in [5, 5.41) is 0. The molecule has 2 heterocycles. The third-order valence-electron chi connectivity index (χ3n) is 3.52. The SMILES string of the molecule is COc1cc(C(F)(F)F)c(CCN2CC(C(F)F)C2)cn1. The zero-order valence-corrected chi connectivity index (χ0v) is 11.3. The van der Waals surface area contributed by atoms with Gasteiger partial charge in [0.25, 0.3) is 0 Å². The van der Waals surface area contributed by atoms with Crippen LogP contribution in [0.3, 0.4) is 0 Å². The maximum atomic E-state index is 13.0. The molecule has 0 bridgehead atoms. The summed E-state index contributed by atoms with van der Waals surface area (Å²) in [6.45, 7) is 0.755. The Morgan fingerprint density at radius 1 is 1.38 bits per heavy atom. The maximum absolute atomic E-state index is 13.0. The number of alkyl halides is 5. The van der Waals surface area contributed by atoms with E-state index in [4.69, 9.17) is 4.74 Å². The molecular formula is C13H15F5N2O. The number of ether oxygens (including phenoxy) is 1. The first-order valence-electron chi connectivity index (χ1n) is 6.42. The van der Waals surface area contributed by atoms with Crippen molar-refractivity contribution in [3.05, 3.63) is 23.4 Å². The van der Waals surface area contributed by atoms with Gasteiger partial charge in [0.2, 0.25) is 12.3 Å². The molecule has 0 unspecified atom stereocenters. The van der Waals surface area contributed by atoms with Crippen molar-refractivity contribution in [2.24, 2.45) is 5.92 Å². The van der Waals surface area contributed by atoms with Crippen LogP contribution < -0.4 is 4.74 Å². The molecule has 0 spiro atoms. The highest BCUT2D eigenvalue weighted by Crippen LogP contribution is 2.34. The largest absolute Gasteiger partial charge is 0.481 e. The molecule has 1 fully saturated rings. The minimum absolute atomic E-state index is 0.0452. The van der Waals surface area contributed by atoms with Crippen LogP contribution in [0.25, 0.3) is 0 Å². The number of methoxy groups -OCH3 is 1. The van der Waals surface area contributed by atoms with Crippen molar-refractivity contribution in [3.63, 3.8) is 0 Å². The van der Waals surface area contributed by atoms with Crippen LogP contribution >= 0.6 is 0 Å². The average molecular weight is 310 g/mol. The number of nitrogens with zero attached hydrogens (tertiary/aromatic N) is 2. The van der Waals surface area contributed by atoms with Gasteiger partial charge in [-0.1, -0.05) is 0 Å². The quantitative estimate of drug-likeness (QED) is 0.782. The first kappa shape index (κ1) is 15.9. The molecule has 1 aromatic rings. The number of pyridine rings is 1. The molecule has 118 valence electrons. The van der Waals surface area contributed by atoms with Gasteiger partial charge in [0.05, 0.1) is 12.7 Å². The Kier molecular flexibility index (Phi) is 4.65. The normalized spacial score (nSPS) is 17.1. The molecule has 3 nitrogen and oxygen atoms in total. The van der Waals surface area contributed by atoms with Crippen LogP contribution in [0.4, 0.5) is 22.0 Å². The molecule has 1 saturated heterocycles. The molecule has 0 N–H and O–H groups in total. The fraction of sp³-hybridized carbons (Fsp3) is 0.615. The molecule has 0 aliphatic carbocycles. The Bertz CT molecular complexity index is 486. The molecule has 0 aromatic carbocycles. The molecule has 0 atom stereocenters. The second-order valence-corrected chi connectivity index (χ2v) is 4.99. The maximum Gasteiger partial charge on any atom is 0.416 e. The lowest BCUT2D eigenvalue weighted by Crippen LogP contribution is -2.50. The van der Waals surface area contributed by atoms with Gasteiger partial charge < -0.3 is 9.64 Å².